The molecule has 0 aliphatic carbocycles. The van der Waals surface area contributed by atoms with Crippen LogP contribution in [-0.4, -0.2) is 23.0 Å². The second kappa shape index (κ2) is 8.75. The molecule has 2 N–H and O–H groups in total. The van der Waals surface area contributed by atoms with Crippen molar-refractivity contribution >= 4 is 39.4 Å². The van der Waals surface area contributed by atoms with E-state index in [1.54, 1.807) is 18.2 Å². The molecule has 2 aromatic rings. The molecule has 2 aromatic carbocycles. The van der Waals surface area contributed by atoms with E-state index in [9.17, 15) is 27.9 Å². The fraction of sp³-hybridized carbons (Fsp3) is 0.222. The predicted molar refractivity (Wildman–Crippen MR) is 97.6 cm³/mol. The average molecular weight is 465 g/mol. The lowest BCUT2D eigenvalue weighted by Crippen LogP contribution is -2.43. The number of benzene rings is 2. The van der Waals surface area contributed by atoms with Crippen molar-refractivity contribution in [3.8, 4) is 0 Å². The van der Waals surface area contributed by atoms with Crippen LogP contribution < -0.4 is 5.32 Å². The van der Waals surface area contributed by atoms with E-state index in [0.29, 0.717) is 20.6 Å². The number of aliphatic carboxylic acids is 1. The maximum atomic E-state index is 12.6. The predicted octanol–water partition coefficient (Wildman–Crippen LogP) is 4.48. The van der Waals surface area contributed by atoms with Crippen LogP contribution in [0.1, 0.15) is 16.7 Å². The maximum absolute atomic E-state index is 12.6. The van der Waals surface area contributed by atoms with Gasteiger partial charge in [0.2, 0.25) is 5.91 Å². The molecular formula is C18H14BrClF3NO3. The smallest absolute Gasteiger partial charge is 0.416 e. The molecule has 0 heterocycles. The van der Waals surface area contributed by atoms with Crippen molar-refractivity contribution in [1.82, 2.24) is 5.32 Å². The summed E-state index contributed by atoms with van der Waals surface area (Å²) in [5.74, 6) is -1.84. The fourth-order valence-electron chi connectivity index (χ4n) is 2.36. The number of carboxylic acid groups (broad SMARTS) is 1. The average Bonchev–Trinajstić information content (AvgIpc) is 2.57. The van der Waals surface area contributed by atoms with Gasteiger partial charge in [-0.1, -0.05) is 39.7 Å². The van der Waals surface area contributed by atoms with E-state index in [0.717, 1.165) is 12.1 Å². The number of amides is 1. The standard InChI is InChI=1S/C18H14BrClF3NO3/c19-14-6-5-13(20)8-11(14)9-15(17(26)27)24-16(25)7-10-1-3-12(4-2-10)18(21,22)23/h1-6,8,15H,7,9H2,(H,24,25)(H,26,27)/t15-/m0/s1. The van der Waals surface area contributed by atoms with Crippen molar-refractivity contribution in [3.63, 3.8) is 0 Å². The molecule has 144 valence electrons. The third-order valence-electron chi connectivity index (χ3n) is 3.71. The molecule has 9 heteroatoms. The zero-order chi connectivity index (χ0) is 20.2. The van der Waals surface area contributed by atoms with E-state index < -0.39 is 29.7 Å². The molecule has 27 heavy (non-hydrogen) atoms. The van der Waals surface area contributed by atoms with Gasteiger partial charge in [0.1, 0.15) is 6.04 Å². The number of carbonyl (C=O) groups excluding carboxylic acids is 1. The Labute approximate surface area is 166 Å². The Kier molecular flexibility index (Phi) is 6.89. The number of rotatable bonds is 6. The Hall–Kier alpha value is -2.06. The van der Waals surface area contributed by atoms with Crippen LogP contribution in [0.4, 0.5) is 13.2 Å². The Morgan fingerprint density at radius 1 is 1.15 bits per heavy atom. The lowest BCUT2D eigenvalue weighted by Gasteiger charge is -2.16. The van der Waals surface area contributed by atoms with E-state index in [4.69, 9.17) is 11.6 Å². The van der Waals surface area contributed by atoms with Gasteiger partial charge in [-0.3, -0.25) is 4.79 Å². The highest BCUT2D eigenvalue weighted by Crippen LogP contribution is 2.29. The highest BCUT2D eigenvalue weighted by Gasteiger charge is 2.30. The summed E-state index contributed by atoms with van der Waals surface area (Å²) in [6, 6.07) is 7.80. The zero-order valence-corrected chi connectivity index (χ0v) is 16.0. The highest BCUT2D eigenvalue weighted by atomic mass is 79.9. The van der Waals surface area contributed by atoms with Crippen LogP contribution in [0.25, 0.3) is 0 Å². The fourth-order valence-corrected chi connectivity index (χ4v) is 2.97. The minimum atomic E-state index is -4.46. The molecule has 0 saturated heterocycles. The van der Waals surface area contributed by atoms with Gasteiger partial charge in [0.15, 0.2) is 0 Å². The lowest BCUT2D eigenvalue weighted by atomic mass is 10.0. The molecule has 0 spiro atoms. The van der Waals surface area contributed by atoms with Crippen LogP contribution in [0.15, 0.2) is 46.9 Å². The molecule has 0 aliphatic rings. The van der Waals surface area contributed by atoms with Gasteiger partial charge in [0.25, 0.3) is 0 Å². The normalized spacial score (nSPS) is 12.5. The van der Waals surface area contributed by atoms with Gasteiger partial charge >= 0.3 is 12.1 Å². The first kappa shape index (κ1) is 21.2. The monoisotopic (exact) mass is 463 g/mol. The summed E-state index contributed by atoms with van der Waals surface area (Å²) in [5.41, 5.74) is 0.124. The molecule has 0 fully saturated rings. The third kappa shape index (κ3) is 6.25. The van der Waals surface area contributed by atoms with Crippen LogP contribution in [0.5, 0.6) is 0 Å². The Balaban J connectivity index is 2.04. The van der Waals surface area contributed by atoms with E-state index in [2.05, 4.69) is 21.2 Å². The lowest BCUT2D eigenvalue weighted by molar-refractivity contribution is -0.141. The summed E-state index contributed by atoms with van der Waals surface area (Å²) in [6.45, 7) is 0. The van der Waals surface area contributed by atoms with E-state index in [-0.39, 0.29) is 12.8 Å². The molecule has 1 amide bonds. The van der Waals surface area contributed by atoms with E-state index in [1.165, 1.54) is 12.1 Å². The first-order valence-corrected chi connectivity index (χ1v) is 8.85. The molecule has 0 radical (unpaired) electrons. The largest absolute Gasteiger partial charge is 0.480 e. The van der Waals surface area contributed by atoms with Crippen molar-refractivity contribution < 1.29 is 27.9 Å². The summed E-state index contributed by atoms with van der Waals surface area (Å²) in [7, 11) is 0. The van der Waals surface area contributed by atoms with Crippen LogP contribution in [0, 0.1) is 0 Å². The van der Waals surface area contributed by atoms with Crippen LogP contribution in [0.2, 0.25) is 5.02 Å². The summed E-state index contributed by atoms with van der Waals surface area (Å²) in [5, 5.41) is 12.2. The van der Waals surface area contributed by atoms with Gasteiger partial charge in [-0.05, 0) is 41.5 Å². The van der Waals surface area contributed by atoms with Crippen LogP contribution in [-0.2, 0) is 28.6 Å². The summed E-state index contributed by atoms with van der Waals surface area (Å²) < 4.78 is 38.3. The van der Waals surface area contributed by atoms with E-state index >= 15 is 0 Å². The quantitative estimate of drug-likeness (QED) is 0.663. The minimum Gasteiger partial charge on any atom is -0.480 e. The summed E-state index contributed by atoms with van der Waals surface area (Å²) in [4.78, 5) is 23.6. The third-order valence-corrected chi connectivity index (χ3v) is 4.72. The molecule has 4 nitrogen and oxygen atoms in total. The van der Waals surface area contributed by atoms with Crippen molar-refractivity contribution in [1.29, 1.82) is 0 Å². The number of halogens is 5. The van der Waals surface area contributed by atoms with Gasteiger partial charge in [-0.25, -0.2) is 4.79 Å². The van der Waals surface area contributed by atoms with Crippen LogP contribution >= 0.6 is 27.5 Å². The van der Waals surface area contributed by atoms with Gasteiger partial charge in [-0.2, -0.15) is 13.2 Å². The number of alkyl halides is 3. The van der Waals surface area contributed by atoms with Crippen molar-refractivity contribution in [2.45, 2.75) is 25.1 Å². The summed E-state index contributed by atoms with van der Waals surface area (Å²) >= 11 is 9.20. The van der Waals surface area contributed by atoms with Crippen molar-refractivity contribution in [2.24, 2.45) is 0 Å². The van der Waals surface area contributed by atoms with Crippen molar-refractivity contribution in [2.75, 3.05) is 0 Å². The number of carbonyl (C=O) groups is 2. The molecule has 0 unspecified atom stereocenters. The van der Waals surface area contributed by atoms with Gasteiger partial charge in [0.05, 0.1) is 12.0 Å². The van der Waals surface area contributed by atoms with Crippen LogP contribution in [0.3, 0.4) is 0 Å². The Morgan fingerprint density at radius 3 is 2.33 bits per heavy atom. The first-order valence-electron chi connectivity index (χ1n) is 7.68. The molecule has 0 bridgehead atoms. The number of carboxylic acids is 1. The second-order valence-electron chi connectivity index (χ2n) is 5.77. The topological polar surface area (TPSA) is 66.4 Å². The first-order chi connectivity index (χ1) is 12.6. The maximum Gasteiger partial charge on any atom is 0.416 e. The molecular weight excluding hydrogens is 451 g/mol. The second-order valence-corrected chi connectivity index (χ2v) is 7.06. The summed E-state index contributed by atoms with van der Waals surface area (Å²) in [6.07, 6.45) is -4.70. The molecule has 0 aliphatic heterocycles. The zero-order valence-electron chi connectivity index (χ0n) is 13.7. The van der Waals surface area contributed by atoms with Crippen molar-refractivity contribution in [3.05, 3.63) is 68.7 Å². The number of hydrogen-bond acceptors (Lipinski definition) is 2. The highest BCUT2D eigenvalue weighted by molar-refractivity contribution is 9.10. The Morgan fingerprint density at radius 2 is 1.78 bits per heavy atom. The number of hydrogen-bond donors (Lipinski definition) is 2. The van der Waals surface area contributed by atoms with Gasteiger partial charge < -0.3 is 10.4 Å². The minimum absolute atomic E-state index is 0.00473. The SMILES string of the molecule is O=C(Cc1ccc(C(F)(F)F)cc1)N[C@@H](Cc1cc(Cl)ccc1Br)C(=O)O. The van der Waals surface area contributed by atoms with Gasteiger partial charge in [0, 0.05) is 15.9 Å². The molecule has 0 aromatic heterocycles. The van der Waals surface area contributed by atoms with E-state index in [1.807, 2.05) is 0 Å². The molecule has 1 atom stereocenters. The molecule has 0 saturated carbocycles. The Bertz CT molecular complexity index is 841. The molecule has 2 rings (SSSR count). The van der Waals surface area contributed by atoms with Gasteiger partial charge in [-0.15, -0.1) is 0 Å². The number of nitrogens with one attached hydrogen (secondary N) is 1.